The minimum absolute atomic E-state index is 0.0385. The molecule has 1 aliphatic heterocycles. The molecule has 1 aliphatic rings. The van der Waals surface area contributed by atoms with E-state index in [-0.39, 0.29) is 23.2 Å². The quantitative estimate of drug-likeness (QED) is 0.738. The van der Waals surface area contributed by atoms with Crippen molar-refractivity contribution in [1.29, 1.82) is 0 Å². The summed E-state index contributed by atoms with van der Waals surface area (Å²) in [7, 11) is 0. The van der Waals surface area contributed by atoms with Crippen LogP contribution in [0.3, 0.4) is 0 Å². The molecular weight excluding hydrogens is 330 g/mol. The van der Waals surface area contributed by atoms with Crippen LogP contribution in [-0.2, 0) is 22.6 Å². The van der Waals surface area contributed by atoms with Crippen LogP contribution in [0.2, 0.25) is 0 Å². The van der Waals surface area contributed by atoms with Gasteiger partial charge < -0.3 is 20.7 Å². The number of carbonyl (C=O) groups is 2. The molecule has 0 spiro atoms. The van der Waals surface area contributed by atoms with E-state index in [9.17, 15) is 9.59 Å². The second kappa shape index (κ2) is 8.47. The molecule has 1 amide bonds. The monoisotopic (exact) mass is 361 g/mol. The van der Waals surface area contributed by atoms with Gasteiger partial charge in [0.1, 0.15) is 11.6 Å². The second-order valence-corrected chi connectivity index (χ2v) is 7.54. The highest BCUT2D eigenvalue weighted by Gasteiger charge is 2.29. The molecule has 0 aliphatic carbocycles. The molecule has 1 aromatic rings. The Morgan fingerprint density at radius 1 is 1.27 bits per heavy atom. The minimum atomic E-state index is -0.228. The lowest BCUT2D eigenvalue weighted by molar-refractivity contribution is -0.129. The Kier molecular flexibility index (Phi) is 6.56. The Bertz CT molecular complexity index is 676. The number of ketones is 1. The normalized spacial score (nSPS) is 15.9. The van der Waals surface area contributed by atoms with Crippen molar-refractivity contribution in [2.75, 3.05) is 17.6 Å². The highest BCUT2D eigenvalue weighted by molar-refractivity contribution is 5.75. The molecule has 0 bridgehead atoms. The number of nitrogen functional groups attached to an aromatic ring is 1. The number of carbonyl (C=O) groups excluding carboxylic acids is 2. The largest absolute Gasteiger partial charge is 0.368 e. The molecule has 3 N–H and O–H groups in total. The summed E-state index contributed by atoms with van der Waals surface area (Å²) in [5, 5.41) is 3.57. The lowest BCUT2D eigenvalue weighted by Crippen LogP contribution is -2.39. The first-order valence-electron chi connectivity index (χ1n) is 9.42. The average molecular weight is 361 g/mol. The first kappa shape index (κ1) is 20.1. The number of hydrogen-bond acceptors (Lipinski definition) is 6. The highest BCUT2D eigenvalue weighted by Crippen LogP contribution is 2.30. The predicted molar refractivity (Wildman–Crippen MR) is 103 cm³/mol. The van der Waals surface area contributed by atoms with Crippen LogP contribution >= 0.6 is 0 Å². The van der Waals surface area contributed by atoms with Crippen molar-refractivity contribution in [1.82, 2.24) is 14.9 Å². The Balaban J connectivity index is 2.28. The van der Waals surface area contributed by atoms with E-state index >= 15 is 0 Å². The molecule has 0 saturated heterocycles. The van der Waals surface area contributed by atoms with Gasteiger partial charge in [0.2, 0.25) is 11.9 Å². The maximum absolute atomic E-state index is 11.7. The maximum Gasteiger partial charge on any atom is 0.222 e. The van der Waals surface area contributed by atoms with Crippen molar-refractivity contribution in [3.8, 4) is 0 Å². The third-order valence-electron chi connectivity index (χ3n) is 5.06. The van der Waals surface area contributed by atoms with Gasteiger partial charge in [-0.1, -0.05) is 19.8 Å². The van der Waals surface area contributed by atoms with Gasteiger partial charge in [-0.25, -0.2) is 4.98 Å². The van der Waals surface area contributed by atoms with Crippen molar-refractivity contribution in [2.24, 2.45) is 0 Å². The molecule has 2 rings (SSSR count). The average Bonchev–Trinajstić information content (AvgIpc) is 2.57. The summed E-state index contributed by atoms with van der Waals surface area (Å²) in [5.74, 6) is 1.19. The van der Waals surface area contributed by atoms with Gasteiger partial charge in [-0.3, -0.25) is 4.79 Å². The van der Waals surface area contributed by atoms with Crippen LogP contribution in [0.25, 0.3) is 0 Å². The topological polar surface area (TPSA) is 101 Å². The van der Waals surface area contributed by atoms with Crippen LogP contribution in [0.1, 0.15) is 71.1 Å². The molecule has 26 heavy (non-hydrogen) atoms. The highest BCUT2D eigenvalue weighted by atomic mass is 16.2. The predicted octanol–water partition coefficient (Wildman–Crippen LogP) is 2.69. The fourth-order valence-corrected chi connectivity index (χ4v) is 3.38. The standard InChI is InChI=1S/C19H31N5O2/c1-5-6-9-19(4,10-7-13(2)25)23-17-15-8-11-24(14(3)26)12-16(15)21-18(20)22-17/h5-12H2,1-4H3,(H3,20,21,22,23)/t19-/m1/s1. The molecule has 0 saturated carbocycles. The zero-order chi connectivity index (χ0) is 19.3. The van der Waals surface area contributed by atoms with Crippen LogP contribution in [0.15, 0.2) is 0 Å². The maximum atomic E-state index is 11.7. The van der Waals surface area contributed by atoms with E-state index in [0.717, 1.165) is 42.8 Å². The fourth-order valence-electron chi connectivity index (χ4n) is 3.38. The first-order valence-corrected chi connectivity index (χ1v) is 9.42. The van der Waals surface area contributed by atoms with E-state index in [1.165, 1.54) is 0 Å². The SMILES string of the molecule is CCCC[C@](C)(CCC(C)=O)Nc1nc(N)nc2c1CCN(C(C)=O)C2. The summed E-state index contributed by atoms with van der Waals surface area (Å²) in [4.78, 5) is 33.7. The molecule has 2 heterocycles. The van der Waals surface area contributed by atoms with E-state index in [1.807, 2.05) is 0 Å². The number of unbranched alkanes of at least 4 members (excludes halogenated alkanes) is 1. The summed E-state index contributed by atoms with van der Waals surface area (Å²) < 4.78 is 0. The molecular formula is C19H31N5O2. The molecule has 1 aromatic heterocycles. The zero-order valence-electron chi connectivity index (χ0n) is 16.4. The number of nitrogens with two attached hydrogens (primary N) is 1. The van der Waals surface area contributed by atoms with Crippen molar-refractivity contribution in [3.63, 3.8) is 0 Å². The van der Waals surface area contributed by atoms with Gasteiger partial charge >= 0.3 is 0 Å². The van der Waals surface area contributed by atoms with Crippen molar-refractivity contribution in [3.05, 3.63) is 11.3 Å². The second-order valence-electron chi connectivity index (χ2n) is 7.54. The smallest absolute Gasteiger partial charge is 0.222 e. The van der Waals surface area contributed by atoms with Gasteiger partial charge in [-0.2, -0.15) is 4.98 Å². The van der Waals surface area contributed by atoms with Crippen LogP contribution in [0, 0.1) is 0 Å². The third-order valence-corrected chi connectivity index (χ3v) is 5.06. The number of nitrogens with zero attached hydrogens (tertiary/aromatic N) is 3. The van der Waals surface area contributed by atoms with E-state index in [4.69, 9.17) is 5.73 Å². The summed E-state index contributed by atoms with van der Waals surface area (Å²) in [5.41, 5.74) is 7.54. The van der Waals surface area contributed by atoms with E-state index in [1.54, 1.807) is 18.7 Å². The van der Waals surface area contributed by atoms with E-state index in [0.29, 0.717) is 25.9 Å². The van der Waals surface area contributed by atoms with Crippen LogP contribution in [-0.4, -0.2) is 38.6 Å². The van der Waals surface area contributed by atoms with Crippen molar-refractivity contribution >= 4 is 23.5 Å². The van der Waals surface area contributed by atoms with E-state index in [2.05, 4.69) is 29.1 Å². The molecule has 0 unspecified atom stereocenters. The van der Waals surface area contributed by atoms with E-state index < -0.39 is 0 Å². The number of Topliss-reactive ketones (excluding diaryl/α,β-unsaturated/α-hetero) is 1. The summed E-state index contributed by atoms with van der Waals surface area (Å²) in [6.45, 7) is 8.61. The van der Waals surface area contributed by atoms with Gasteiger partial charge in [-0.15, -0.1) is 0 Å². The van der Waals surface area contributed by atoms with Crippen LogP contribution in [0.5, 0.6) is 0 Å². The third kappa shape index (κ3) is 5.16. The Morgan fingerprint density at radius 2 is 2.00 bits per heavy atom. The zero-order valence-corrected chi connectivity index (χ0v) is 16.4. The molecule has 1 atom stereocenters. The van der Waals surface area contributed by atoms with Gasteiger partial charge in [-0.05, 0) is 33.1 Å². The number of rotatable bonds is 8. The molecule has 0 aromatic carbocycles. The van der Waals surface area contributed by atoms with Gasteiger partial charge in [0.25, 0.3) is 0 Å². The minimum Gasteiger partial charge on any atom is -0.368 e. The van der Waals surface area contributed by atoms with Crippen molar-refractivity contribution in [2.45, 2.75) is 78.3 Å². The van der Waals surface area contributed by atoms with Gasteiger partial charge in [0, 0.05) is 31.0 Å². The molecule has 0 radical (unpaired) electrons. The Labute approximate surface area is 155 Å². The lowest BCUT2D eigenvalue weighted by atomic mass is 9.88. The molecule has 144 valence electrons. The number of amides is 1. The number of aromatic nitrogens is 2. The Morgan fingerprint density at radius 3 is 2.62 bits per heavy atom. The van der Waals surface area contributed by atoms with Gasteiger partial charge in [0.15, 0.2) is 0 Å². The molecule has 7 nitrogen and oxygen atoms in total. The first-order chi connectivity index (χ1) is 12.2. The molecule has 7 heteroatoms. The lowest BCUT2D eigenvalue weighted by Gasteiger charge is -2.34. The van der Waals surface area contributed by atoms with Crippen LogP contribution in [0.4, 0.5) is 11.8 Å². The number of anilines is 2. The molecule has 0 fully saturated rings. The fraction of sp³-hybridized carbons (Fsp3) is 0.684. The Hall–Kier alpha value is -2.18. The van der Waals surface area contributed by atoms with Crippen LogP contribution < -0.4 is 11.1 Å². The number of nitrogens with one attached hydrogen (secondary N) is 1. The summed E-state index contributed by atoms with van der Waals surface area (Å²) in [6.07, 6.45) is 5.11. The van der Waals surface area contributed by atoms with Crippen molar-refractivity contribution < 1.29 is 9.59 Å². The summed E-state index contributed by atoms with van der Waals surface area (Å²) >= 11 is 0. The number of fused-ring (bicyclic) bond motifs is 1. The summed E-state index contributed by atoms with van der Waals surface area (Å²) in [6, 6.07) is 0. The van der Waals surface area contributed by atoms with Gasteiger partial charge in [0.05, 0.1) is 12.2 Å². The number of hydrogen-bond donors (Lipinski definition) is 2.